The summed E-state index contributed by atoms with van der Waals surface area (Å²) in [6.45, 7) is 0. The molecule has 1 atom stereocenters. The van der Waals surface area contributed by atoms with Gasteiger partial charge in [-0.05, 0) is 31.4 Å². The number of hydrogen-bond donors (Lipinski definition) is 0. The summed E-state index contributed by atoms with van der Waals surface area (Å²) < 4.78 is 25.5. The van der Waals surface area contributed by atoms with Gasteiger partial charge in [-0.2, -0.15) is 0 Å². The van der Waals surface area contributed by atoms with Crippen LogP contribution in [-0.2, 0) is 9.84 Å². The summed E-state index contributed by atoms with van der Waals surface area (Å²) in [6, 6.07) is 4.30. The summed E-state index contributed by atoms with van der Waals surface area (Å²) in [5, 5.41) is 0. The molecule has 0 radical (unpaired) electrons. The Labute approximate surface area is 111 Å². The van der Waals surface area contributed by atoms with Crippen molar-refractivity contribution in [1.29, 1.82) is 0 Å². The highest BCUT2D eigenvalue weighted by Crippen LogP contribution is 2.41. The van der Waals surface area contributed by atoms with Gasteiger partial charge in [-0.15, -0.1) is 0 Å². The van der Waals surface area contributed by atoms with Crippen LogP contribution < -0.4 is 0 Å². The van der Waals surface area contributed by atoms with Gasteiger partial charge in [0.15, 0.2) is 15.5 Å². The van der Waals surface area contributed by atoms with E-state index in [0.29, 0.717) is 18.2 Å². The van der Waals surface area contributed by atoms with Gasteiger partial charge in [-0.25, -0.2) is 18.4 Å². The predicted octanol–water partition coefficient (Wildman–Crippen LogP) is 1.67. The highest BCUT2D eigenvalue weighted by atomic mass is 32.2. The summed E-state index contributed by atoms with van der Waals surface area (Å²) in [4.78, 5) is 9.08. The van der Waals surface area contributed by atoms with E-state index in [2.05, 4.69) is 14.5 Å². The van der Waals surface area contributed by atoms with Crippen LogP contribution in [-0.4, -0.2) is 34.5 Å². The molecule has 0 amide bonds. The van der Waals surface area contributed by atoms with Crippen LogP contribution in [0.2, 0.25) is 0 Å². The highest BCUT2D eigenvalue weighted by molar-refractivity contribution is 7.91. The number of hydrogen-bond acceptors (Lipinski definition) is 4. The lowest BCUT2D eigenvalue weighted by Gasteiger charge is -2.11. The van der Waals surface area contributed by atoms with Crippen molar-refractivity contribution in [2.45, 2.75) is 31.2 Å². The lowest BCUT2D eigenvalue weighted by molar-refractivity contribution is 0.598. The molecule has 6 heteroatoms. The Hall–Kier alpha value is -1.43. The number of aromatic nitrogens is 3. The van der Waals surface area contributed by atoms with Crippen molar-refractivity contribution in [2.24, 2.45) is 0 Å². The van der Waals surface area contributed by atoms with Crippen molar-refractivity contribution in [3.63, 3.8) is 0 Å². The zero-order valence-electron chi connectivity index (χ0n) is 10.5. The third-order valence-corrected chi connectivity index (χ3v) is 5.75. The molecule has 19 heavy (non-hydrogen) atoms. The maximum absolute atomic E-state index is 11.7. The monoisotopic (exact) mass is 277 g/mol. The van der Waals surface area contributed by atoms with Crippen molar-refractivity contribution in [2.75, 3.05) is 11.5 Å². The molecule has 0 spiro atoms. The van der Waals surface area contributed by atoms with E-state index in [0.717, 1.165) is 29.8 Å². The van der Waals surface area contributed by atoms with E-state index in [4.69, 9.17) is 0 Å². The molecule has 1 saturated heterocycles. The van der Waals surface area contributed by atoms with Crippen molar-refractivity contribution in [1.82, 2.24) is 14.5 Å². The van der Waals surface area contributed by atoms with E-state index in [1.165, 1.54) is 0 Å². The molecule has 1 saturated carbocycles. The van der Waals surface area contributed by atoms with E-state index < -0.39 is 9.84 Å². The molecule has 0 bridgehead atoms. The standard InChI is InChI=1S/C13H15N3O2S/c17-19(18)7-5-9(8-19)12-15-11-2-1-6-14-13(11)16(12)10-3-4-10/h1-2,6,9-10H,3-5,7-8H2. The summed E-state index contributed by atoms with van der Waals surface area (Å²) in [5.74, 6) is 1.50. The third-order valence-electron chi connectivity index (χ3n) is 3.99. The van der Waals surface area contributed by atoms with E-state index in [9.17, 15) is 8.42 Å². The Morgan fingerprint density at radius 3 is 2.79 bits per heavy atom. The molecule has 2 aromatic rings. The maximum atomic E-state index is 11.7. The van der Waals surface area contributed by atoms with Crippen LogP contribution >= 0.6 is 0 Å². The molecular weight excluding hydrogens is 262 g/mol. The van der Waals surface area contributed by atoms with Crippen LogP contribution in [0.15, 0.2) is 18.3 Å². The smallest absolute Gasteiger partial charge is 0.160 e. The number of nitrogens with zero attached hydrogens (tertiary/aromatic N) is 3. The Balaban J connectivity index is 1.87. The number of rotatable bonds is 2. The third kappa shape index (κ3) is 1.85. The van der Waals surface area contributed by atoms with Crippen LogP contribution in [0.25, 0.3) is 11.2 Å². The Morgan fingerprint density at radius 2 is 2.11 bits per heavy atom. The fraction of sp³-hybridized carbons (Fsp3) is 0.538. The van der Waals surface area contributed by atoms with E-state index in [1.807, 2.05) is 12.1 Å². The van der Waals surface area contributed by atoms with Crippen LogP contribution in [0.3, 0.4) is 0 Å². The quantitative estimate of drug-likeness (QED) is 0.837. The van der Waals surface area contributed by atoms with Gasteiger partial charge in [0.25, 0.3) is 0 Å². The molecule has 100 valence electrons. The number of pyridine rings is 1. The van der Waals surface area contributed by atoms with Gasteiger partial charge < -0.3 is 4.57 Å². The normalized spacial score (nSPS) is 26.0. The molecule has 5 nitrogen and oxygen atoms in total. The van der Waals surface area contributed by atoms with Gasteiger partial charge in [0.1, 0.15) is 11.3 Å². The highest BCUT2D eigenvalue weighted by Gasteiger charge is 2.36. The molecular formula is C13H15N3O2S. The second-order valence-electron chi connectivity index (χ2n) is 5.52. The summed E-state index contributed by atoms with van der Waals surface area (Å²) in [7, 11) is -2.88. The van der Waals surface area contributed by atoms with Crippen molar-refractivity contribution >= 4 is 21.0 Å². The molecule has 1 aliphatic heterocycles. The molecule has 2 aromatic heterocycles. The summed E-state index contributed by atoms with van der Waals surface area (Å²) >= 11 is 0. The van der Waals surface area contributed by atoms with Crippen molar-refractivity contribution in [3.05, 3.63) is 24.2 Å². The fourth-order valence-corrected chi connectivity index (χ4v) is 4.67. The first-order chi connectivity index (χ1) is 9.14. The van der Waals surface area contributed by atoms with Crippen LogP contribution in [0.1, 0.15) is 37.0 Å². The first-order valence-electron chi connectivity index (χ1n) is 6.67. The van der Waals surface area contributed by atoms with Gasteiger partial charge in [-0.3, -0.25) is 0 Å². The minimum absolute atomic E-state index is 0.0415. The molecule has 4 rings (SSSR count). The first kappa shape index (κ1) is 11.4. The molecule has 1 aliphatic carbocycles. The lowest BCUT2D eigenvalue weighted by atomic mass is 10.1. The fourth-order valence-electron chi connectivity index (χ4n) is 2.93. The van der Waals surface area contributed by atoms with E-state index >= 15 is 0 Å². The zero-order chi connectivity index (χ0) is 13.0. The van der Waals surface area contributed by atoms with Gasteiger partial charge >= 0.3 is 0 Å². The lowest BCUT2D eigenvalue weighted by Crippen LogP contribution is -2.10. The van der Waals surface area contributed by atoms with E-state index in [1.54, 1.807) is 6.20 Å². The second-order valence-corrected chi connectivity index (χ2v) is 7.75. The van der Waals surface area contributed by atoms with Gasteiger partial charge in [0.05, 0.1) is 11.5 Å². The molecule has 2 fully saturated rings. The minimum Gasteiger partial charge on any atom is -0.309 e. The van der Waals surface area contributed by atoms with Crippen LogP contribution in [0.4, 0.5) is 0 Å². The second kappa shape index (κ2) is 3.79. The summed E-state index contributed by atoms with van der Waals surface area (Å²) in [6.07, 6.45) is 4.76. The largest absolute Gasteiger partial charge is 0.309 e. The molecule has 3 heterocycles. The van der Waals surface area contributed by atoms with Gasteiger partial charge in [-0.1, -0.05) is 0 Å². The average molecular weight is 277 g/mol. The number of fused-ring (bicyclic) bond motifs is 1. The zero-order valence-corrected chi connectivity index (χ0v) is 11.3. The SMILES string of the molecule is O=S1(=O)CCC(c2nc3cccnc3n2C2CC2)C1. The maximum Gasteiger partial charge on any atom is 0.160 e. The molecule has 0 aromatic carbocycles. The number of sulfone groups is 1. The van der Waals surface area contributed by atoms with Crippen LogP contribution in [0, 0.1) is 0 Å². The first-order valence-corrected chi connectivity index (χ1v) is 8.49. The molecule has 2 aliphatic rings. The van der Waals surface area contributed by atoms with Gasteiger partial charge in [0.2, 0.25) is 0 Å². The Morgan fingerprint density at radius 1 is 1.26 bits per heavy atom. The molecule has 0 N–H and O–H groups in total. The topological polar surface area (TPSA) is 64.8 Å². The predicted molar refractivity (Wildman–Crippen MR) is 71.8 cm³/mol. The molecule has 1 unspecified atom stereocenters. The van der Waals surface area contributed by atoms with Crippen molar-refractivity contribution < 1.29 is 8.42 Å². The number of imidazole rings is 1. The van der Waals surface area contributed by atoms with Crippen LogP contribution in [0.5, 0.6) is 0 Å². The summed E-state index contributed by atoms with van der Waals surface area (Å²) in [5.41, 5.74) is 1.79. The van der Waals surface area contributed by atoms with E-state index in [-0.39, 0.29) is 11.7 Å². The Bertz CT molecular complexity index is 746. The van der Waals surface area contributed by atoms with Crippen molar-refractivity contribution in [3.8, 4) is 0 Å². The average Bonchev–Trinajstić information content (AvgIpc) is 3.04. The van der Waals surface area contributed by atoms with Gasteiger partial charge in [0, 0.05) is 18.2 Å². The Kier molecular flexibility index (Phi) is 2.27. The minimum atomic E-state index is -2.88.